The van der Waals surface area contributed by atoms with Crippen LogP contribution in [0, 0.1) is 5.82 Å². The maximum absolute atomic E-state index is 14.7. The lowest BCUT2D eigenvalue weighted by Crippen LogP contribution is -2.11. The number of rotatable bonds is 3. The summed E-state index contributed by atoms with van der Waals surface area (Å²) < 4.78 is 39.8. The van der Waals surface area contributed by atoms with Crippen LogP contribution in [0.1, 0.15) is 17.9 Å². The first-order chi connectivity index (χ1) is 10.1. The van der Waals surface area contributed by atoms with Crippen molar-refractivity contribution in [2.24, 2.45) is 0 Å². The van der Waals surface area contributed by atoms with E-state index in [2.05, 4.69) is 5.32 Å². The highest BCUT2D eigenvalue weighted by Crippen LogP contribution is 2.30. The number of hydrogen-bond donors (Lipinski definition) is 1. The minimum absolute atomic E-state index is 0.0379. The average molecular weight is 305 g/mol. The molecule has 1 saturated heterocycles. The zero-order chi connectivity index (χ0) is 14.9. The van der Waals surface area contributed by atoms with Gasteiger partial charge in [-0.2, -0.15) is 0 Å². The molecule has 1 aliphatic rings. The Hall–Kier alpha value is -1.72. The van der Waals surface area contributed by atoms with Crippen LogP contribution in [-0.4, -0.2) is 21.5 Å². The van der Waals surface area contributed by atoms with Crippen molar-refractivity contribution in [3.05, 3.63) is 59.9 Å². The summed E-state index contributed by atoms with van der Waals surface area (Å²) in [6, 6.07) is 12.6. The fraction of sp³-hybridized carbons (Fsp3) is 0.250. The molecule has 2 aromatic rings. The number of benzene rings is 2. The van der Waals surface area contributed by atoms with Crippen LogP contribution in [-0.2, 0) is 9.84 Å². The topological polar surface area (TPSA) is 46.2 Å². The van der Waals surface area contributed by atoms with Crippen molar-refractivity contribution in [1.29, 1.82) is 0 Å². The fourth-order valence-corrected chi connectivity index (χ4v) is 4.08. The molecule has 3 rings (SSSR count). The van der Waals surface area contributed by atoms with Gasteiger partial charge in [-0.15, -0.1) is 0 Å². The monoisotopic (exact) mass is 305 g/mol. The minimum atomic E-state index is -3.82. The summed E-state index contributed by atoms with van der Waals surface area (Å²) in [5, 5.41) is 3.17. The van der Waals surface area contributed by atoms with Gasteiger partial charge >= 0.3 is 0 Å². The van der Waals surface area contributed by atoms with E-state index in [0.29, 0.717) is 12.1 Å². The molecule has 2 aromatic carbocycles. The van der Waals surface area contributed by atoms with Gasteiger partial charge in [0.1, 0.15) is 10.7 Å². The van der Waals surface area contributed by atoms with Gasteiger partial charge in [0.25, 0.3) is 0 Å². The summed E-state index contributed by atoms with van der Waals surface area (Å²) in [6.07, 6.45) is 0.825. The summed E-state index contributed by atoms with van der Waals surface area (Å²) in [6.45, 7) is 1.52. The highest BCUT2D eigenvalue weighted by molar-refractivity contribution is 7.91. The molecule has 1 heterocycles. The zero-order valence-corrected chi connectivity index (χ0v) is 12.2. The molecule has 0 amide bonds. The summed E-state index contributed by atoms with van der Waals surface area (Å²) in [5.41, 5.74) is 0.483. The average Bonchev–Trinajstić information content (AvgIpc) is 3.02. The van der Waals surface area contributed by atoms with Crippen molar-refractivity contribution in [3.63, 3.8) is 0 Å². The molecule has 0 radical (unpaired) electrons. The normalized spacial score (nSPS) is 18.8. The lowest BCUT2D eigenvalue weighted by molar-refractivity contribution is 0.546. The Morgan fingerprint density at radius 3 is 2.48 bits per heavy atom. The van der Waals surface area contributed by atoms with Crippen LogP contribution in [0.2, 0.25) is 0 Å². The predicted molar refractivity (Wildman–Crippen MR) is 78.5 cm³/mol. The van der Waals surface area contributed by atoms with Crippen LogP contribution < -0.4 is 5.32 Å². The van der Waals surface area contributed by atoms with E-state index < -0.39 is 15.7 Å². The molecule has 1 N–H and O–H groups in total. The van der Waals surface area contributed by atoms with E-state index >= 15 is 0 Å². The van der Waals surface area contributed by atoms with E-state index in [1.165, 1.54) is 18.2 Å². The number of halogens is 1. The van der Waals surface area contributed by atoms with E-state index in [0.717, 1.165) is 13.0 Å². The summed E-state index contributed by atoms with van der Waals surface area (Å²) in [4.78, 5) is -0.122. The van der Waals surface area contributed by atoms with Gasteiger partial charge in [0.15, 0.2) is 0 Å². The van der Waals surface area contributed by atoms with Gasteiger partial charge in [0.05, 0.1) is 4.90 Å². The van der Waals surface area contributed by atoms with E-state index in [-0.39, 0.29) is 15.7 Å². The van der Waals surface area contributed by atoms with Gasteiger partial charge in [-0.05, 0) is 36.7 Å². The molecule has 0 bridgehead atoms. The second-order valence-corrected chi connectivity index (χ2v) is 7.08. The third-order valence-corrected chi connectivity index (χ3v) is 5.62. The van der Waals surface area contributed by atoms with E-state index in [4.69, 9.17) is 0 Å². The molecular formula is C16H16FNO2S. The van der Waals surface area contributed by atoms with Crippen molar-refractivity contribution in [2.75, 3.05) is 13.1 Å². The lowest BCUT2D eigenvalue weighted by Gasteiger charge is -2.13. The maximum Gasteiger partial charge on any atom is 0.209 e. The molecule has 5 heteroatoms. The van der Waals surface area contributed by atoms with Crippen LogP contribution >= 0.6 is 0 Å². The number of sulfone groups is 1. The van der Waals surface area contributed by atoms with Crippen molar-refractivity contribution in [3.8, 4) is 0 Å². The van der Waals surface area contributed by atoms with Gasteiger partial charge in [0.2, 0.25) is 9.84 Å². The third-order valence-electron chi connectivity index (χ3n) is 3.84. The molecule has 1 unspecified atom stereocenters. The molecule has 0 aromatic heterocycles. The van der Waals surface area contributed by atoms with Gasteiger partial charge in [-0.1, -0.05) is 30.3 Å². The standard InChI is InChI=1S/C16H16FNO2S/c17-16-14(12-9-10-18-11-12)7-4-8-15(16)21(19,20)13-5-2-1-3-6-13/h1-8,12,18H,9-11H2. The summed E-state index contributed by atoms with van der Waals surface area (Å²) in [5.74, 6) is -0.578. The number of hydrogen-bond acceptors (Lipinski definition) is 3. The van der Waals surface area contributed by atoms with Gasteiger partial charge in [0, 0.05) is 12.5 Å². The molecule has 1 atom stereocenters. The van der Waals surface area contributed by atoms with Crippen molar-refractivity contribution >= 4 is 9.84 Å². The largest absolute Gasteiger partial charge is 0.316 e. The Morgan fingerprint density at radius 1 is 1.05 bits per heavy atom. The SMILES string of the molecule is O=S(=O)(c1ccccc1)c1cccc(C2CCNC2)c1F. The first-order valence-electron chi connectivity index (χ1n) is 6.90. The Kier molecular flexibility index (Phi) is 3.78. The van der Waals surface area contributed by atoms with Crippen molar-refractivity contribution < 1.29 is 12.8 Å². The molecule has 0 saturated carbocycles. The Labute approximate surface area is 123 Å². The Balaban J connectivity index is 2.09. The van der Waals surface area contributed by atoms with Crippen molar-refractivity contribution in [2.45, 2.75) is 22.1 Å². The van der Waals surface area contributed by atoms with Gasteiger partial charge in [-0.25, -0.2) is 12.8 Å². The van der Waals surface area contributed by atoms with Crippen LogP contribution in [0.5, 0.6) is 0 Å². The fourth-order valence-electron chi connectivity index (χ4n) is 2.70. The van der Waals surface area contributed by atoms with E-state index in [1.54, 1.807) is 30.3 Å². The second-order valence-electron chi connectivity index (χ2n) is 5.17. The van der Waals surface area contributed by atoms with E-state index in [1.807, 2.05) is 0 Å². The van der Waals surface area contributed by atoms with Crippen molar-refractivity contribution in [1.82, 2.24) is 5.32 Å². The van der Waals surface area contributed by atoms with Gasteiger partial charge in [-0.3, -0.25) is 0 Å². The van der Waals surface area contributed by atoms with Gasteiger partial charge < -0.3 is 5.32 Å². The molecule has 3 nitrogen and oxygen atoms in total. The summed E-state index contributed by atoms with van der Waals surface area (Å²) >= 11 is 0. The maximum atomic E-state index is 14.7. The highest BCUT2D eigenvalue weighted by atomic mass is 32.2. The molecule has 0 spiro atoms. The molecule has 0 aliphatic carbocycles. The molecular weight excluding hydrogens is 289 g/mol. The molecule has 1 fully saturated rings. The highest BCUT2D eigenvalue weighted by Gasteiger charge is 2.27. The number of nitrogens with one attached hydrogen (secondary N) is 1. The Bertz CT molecular complexity index is 738. The summed E-state index contributed by atoms with van der Waals surface area (Å²) in [7, 11) is -3.82. The molecule has 110 valence electrons. The molecule has 21 heavy (non-hydrogen) atoms. The smallest absolute Gasteiger partial charge is 0.209 e. The quantitative estimate of drug-likeness (QED) is 0.948. The lowest BCUT2D eigenvalue weighted by atomic mass is 9.98. The minimum Gasteiger partial charge on any atom is -0.316 e. The van der Waals surface area contributed by atoms with Crippen LogP contribution in [0.15, 0.2) is 58.3 Å². The third kappa shape index (κ3) is 2.59. The van der Waals surface area contributed by atoms with E-state index in [9.17, 15) is 12.8 Å². The second kappa shape index (κ2) is 5.58. The van der Waals surface area contributed by atoms with Crippen LogP contribution in [0.25, 0.3) is 0 Å². The predicted octanol–water partition coefficient (Wildman–Crippen LogP) is 2.74. The zero-order valence-electron chi connectivity index (χ0n) is 11.4. The first-order valence-corrected chi connectivity index (χ1v) is 8.38. The van der Waals surface area contributed by atoms with Crippen LogP contribution in [0.3, 0.4) is 0 Å². The first kappa shape index (κ1) is 14.2. The Morgan fingerprint density at radius 2 is 1.81 bits per heavy atom. The van der Waals surface area contributed by atoms with Crippen LogP contribution in [0.4, 0.5) is 4.39 Å². The molecule has 1 aliphatic heterocycles.